The third-order valence-corrected chi connectivity index (χ3v) is 4.71. The Balaban J connectivity index is 1.54. The molecule has 0 aliphatic rings. The Morgan fingerprint density at radius 3 is 2.68 bits per heavy atom. The summed E-state index contributed by atoms with van der Waals surface area (Å²) in [7, 11) is 0. The van der Waals surface area contributed by atoms with E-state index in [9.17, 15) is 9.59 Å². The monoisotopic (exact) mass is 396 g/mol. The molecule has 142 valence electrons. The van der Waals surface area contributed by atoms with Gasteiger partial charge >= 0.3 is 0 Å². The van der Waals surface area contributed by atoms with E-state index in [1.54, 1.807) is 6.07 Å². The van der Waals surface area contributed by atoms with E-state index in [2.05, 4.69) is 30.4 Å². The molecule has 0 radical (unpaired) electrons. The molecule has 3 aromatic heterocycles. The van der Waals surface area contributed by atoms with Gasteiger partial charge in [0, 0.05) is 11.4 Å². The van der Waals surface area contributed by atoms with Crippen LogP contribution in [0.2, 0.25) is 0 Å². The van der Waals surface area contributed by atoms with Crippen LogP contribution in [0.5, 0.6) is 0 Å². The van der Waals surface area contributed by atoms with Gasteiger partial charge in [0.25, 0.3) is 11.8 Å². The van der Waals surface area contributed by atoms with E-state index >= 15 is 0 Å². The van der Waals surface area contributed by atoms with Gasteiger partial charge in [0.15, 0.2) is 22.9 Å². The van der Waals surface area contributed by atoms with Crippen molar-refractivity contribution >= 4 is 40.3 Å². The number of nitrogens with one attached hydrogen (secondary N) is 3. The minimum atomic E-state index is -0.592. The summed E-state index contributed by atoms with van der Waals surface area (Å²) >= 11 is 1.07. The minimum Gasteiger partial charge on any atom is -0.445 e. The van der Waals surface area contributed by atoms with Crippen LogP contribution in [0.15, 0.2) is 46.2 Å². The van der Waals surface area contributed by atoms with E-state index in [-0.39, 0.29) is 28.8 Å². The van der Waals surface area contributed by atoms with Crippen LogP contribution in [0.4, 0.5) is 5.82 Å². The second-order valence-electron chi connectivity index (χ2n) is 6.62. The summed E-state index contributed by atoms with van der Waals surface area (Å²) in [6.45, 7) is 3.81. The molecule has 3 heterocycles. The molecule has 2 amide bonds. The standard InChI is InChI=1S/C18H16N6O3S/c1-18(2,10-6-4-3-5-7-10)20-17(26)13-8-11-14(27-13)15(23-21-11)19-16(25)12-9-28-24-22-12/h3-9H,1-2H3,(H,20,26)(H2,19,21,23,25). The summed E-state index contributed by atoms with van der Waals surface area (Å²) in [6.07, 6.45) is 0. The maximum atomic E-state index is 12.7. The summed E-state index contributed by atoms with van der Waals surface area (Å²) in [5, 5.41) is 17.5. The highest BCUT2D eigenvalue weighted by Gasteiger charge is 2.26. The zero-order chi connectivity index (χ0) is 19.7. The number of benzene rings is 1. The number of amides is 2. The first-order valence-electron chi connectivity index (χ1n) is 8.38. The van der Waals surface area contributed by atoms with E-state index in [1.807, 2.05) is 44.2 Å². The number of rotatable bonds is 5. The average molecular weight is 396 g/mol. The zero-order valence-electron chi connectivity index (χ0n) is 15.0. The maximum Gasteiger partial charge on any atom is 0.287 e. The number of hydrogen-bond acceptors (Lipinski definition) is 7. The predicted molar refractivity (Wildman–Crippen MR) is 103 cm³/mol. The van der Waals surface area contributed by atoms with Gasteiger partial charge in [0.2, 0.25) is 0 Å². The van der Waals surface area contributed by atoms with Crippen molar-refractivity contribution in [1.29, 1.82) is 0 Å². The summed E-state index contributed by atoms with van der Waals surface area (Å²) in [4.78, 5) is 24.8. The predicted octanol–water partition coefficient (Wildman–Crippen LogP) is 2.92. The molecule has 0 saturated carbocycles. The smallest absolute Gasteiger partial charge is 0.287 e. The van der Waals surface area contributed by atoms with Crippen LogP contribution in [-0.2, 0) is 5.54 Å². The Kier molecular flexibility index (Phi) is 4.40. The molecule has 0 atom stereocenters. The van der Waals surface area contributed by atoms with Crippen molar-refractivity contribution in [2.75, 3.05) is 5.32 Å². The Morgan fingerprint density at radius 1 is 1.18 bits per heavy atom. The van der Waals surface area contributed by atoms with Gasteiger partial charge < -0.3 is 15.1 Å². The van der Waals surface area contributed by atoms with Crippen LogP contribution in [0.3, 0.4) is 0 Å². The lowest BCUT2D eigenvalue weighted by atomic mass is 9.94. The second kappa shape index (κ2) is 6.89. The topological polar surface area (TPSA) is 126 Å². The van der Waals surface area contributed by atoms with Gasteiger partial charge in [-0.2, -0.15) is 5.10 Å². The number of anilines is 1. The van der Waals surface area contributed by atoms with Crippen LogP contribution in [-0.4, -0.2) is 31.6 Å². The molecular weight excluding hydrogens is 380 g/mol. The van der Waals surface area contributed by atoms with Crippen LogP contribution < -0.4 is 10.6 Å². The molecule has 4 rings (SSSR count). The number of carbonyl (C=O) groups excluding carboxylic acids is 2. The molecule has 9 nitrogen and oxygen atoms in total. The first kappa shape index (κ1) is 17.9. The molecule has 1 aromatic carbocycles. The molecule has 28 heavy (non-hydrogen) atoms. The molecule has 4 aromatic rings. The number of hydrogen-bond donors (Lipinski definition) is 3. The van der Waals surface area contributed by atoms with E-state index < -0.39 is 11.4 Å². The van der Waals surface area contributed by atoms with Gasteiger partial charge in [-0.05, 0) is 30.9 Å². The zero-order valence-corrected chi connectivity index (χ0v) is 15.8. The molecule has 0 unspecified atom stereocenters. The van der Waals surface area contributed by atoms with Crippen molar-refractivity contribution in [3.8, 4) is 0 Å². The number of fused-ring (bicyclic) bond motifs is 1. The number of nitrogens with zero attached hydrogens (tertiary/aromatic N) is 3. The van der Waals surface area contributed by atoms with Gasteiger partial charge in [-0.3, -0.25) is 14.7 Å². The molecule has 0 bridgehead atoms. The fourth-order valence-electron chi connectivity index (χ4n) is 2.72. The van der Waals surface area contributed by atoms with E-state index in [0.29, 0.717) is 5.52 Å². The van der Waals surface area contributed by atoms with E-state index in [0.717, 1.165) is 17.1 Å². The quantitative estimate of drug-likeness (QED) is 0.476. The normalized spacial score (nSPS) is 11.5. The molecule has 0 saturated heterocycles. The van der Waals surface area contributed by atoms with Crippen molar-refractivity contribution in [2.45, 2.75) is 19.4 Å². The van der Waals surface area contributed by atoms with Gasteiger partial charge in [-0.1, -0.05) is 34.8 Å². The molecule has 3 N–H and O–H groups in total. The Bertz CT molecular complexity index is 1130. The Hall–Kier alpha value is -3.53. The molecule has 0 fully saturated rings. The lowest BCUT2D eigenvalue weighted by Crippen LogP contribution is -2.40. The highest BCUT2D eigenvalue weighted by molar-refractivity contribution is 7.03. The lowest BCUT2D eigenvalue weighted by molar-refractivity contribution is 0.0885. The number of aromatic amines is 1. The first-order valence-corrected chi connectivity index (χ1v) is 9.22. The molecular formula is C18H16N6O3S. The molecule has 10 heteroatoms. The summed E-state index contributed by atoms with van der Waals surface area (Å²) in [5.41, 5.74) is 1.32. The van der Waals surface area contributed by atoms with Gasteiger partial charge in [-0.15, -0.1) is 5.10 Å². The molecule has 0 aliphatic carbocycles. The van der Waals surface area contributed by atoms with Crippen molar-refractivity contribution in [3.63, 3.8) is 0 Å². The molecule has 0 aliphatic heterocycles. The average Bonchev–Trinajstić information content (AvgIpc) is 3.40. The third kappa shape index (κ3) is 3.37. The van der Waals surface area contributed by atoms with Crippen LogP contribution in [0.1, 0.15) is 40.5 Å². The van der Waals surface area contributed by atoms with Gasteiger partial charge in [-0.25, -0.2) is 0 Å². The first-order chi connectivity index (χ1) is 13.4. The fourth-order valence-corrected chi connectivity index (χ4v) is 3.16. The van der Waals surface area contributed by atoms with Crippen molar-refractivity contribution in [1.82, 2.24) is 25.1 Å². The minimum absolute atomic E-state index is 0.110. The van der Waals surface area contributed by atoms with Crippen LogP contribution in [0.25, 0.3) is 11.1 Å². The number of aromatic nitrogens is 4. The number of H-pyrrole nitrogens is 1. The Morgan fingerprint density at radius 2 is 1.96 bits per heavy atom. The number of carbonyl (C=O) groups is 2. The van der Waals surface area contributed by atoms with E-state index in [1.165, 1.54) is 5.38 Å². The SMILES string of the molecule is CC(C)(NC(=O)c1cc2[nH]nc(NC(=O)c3csnn3)c2o1)c1ccccc1. The highest BCUT2D eigenvalue weighted by Crippen LogP contribution is 2.26. The van der Waals surface area contributed by atoms with Gasteiger partial charge in [0.1, 0.15) is 5.52 Å². The fraction of sp³-hybridized carbons (Fsp3) is 0.167. The van der Waals surface area contributed by atoms with Crippen molar-refractivity contribution in [2.24, 2.45) is 0 Å². The van der Waals surface area contributed by atoms with Crippen LogP contribution >= 0.6 is 11.5 Å². The Labute approximate surface area is 163 Å². The molecule has 0 spiro atoms. The van der Waals surface area contributed by atoms with Crippen molar-refractivity contribution in [3.05, 3.63) is 58.8 Å². The summed E-state index contributed by atoms with van der Waals surface area (Å²) in [5.74, 6) is -0.554. The largest absolute Gasteiger partial charge is 0.445 e. The van der Waals surface area contributed by atoms with Gasteiger partial charge in [0.05, 0.1) is 5.54 Å². The van der Waals surface area contributed by atoms with Crippen molar-refractivity contribution < 1.29 is 14.0 Å². The maximum absolute atomic E-state index is 12.7. The van der Waals surface area contributed by atoms with Crippen LogP contribution in [0, 0.1) is 0 Å². The number of furan rings is 1. The third-order valence-electron chi connectivity index (χ3n) is 4.21. The summed E-state index contributed by atoms with van der Waals surface area (Å²) in [6, 6.07) is 11.2. The second-order valence-corrected chi connectivity index (χ2v) is 7.22. The highest BCUT2D eigenvalue weighted by atomic mass is 32.1. The lowest BCUT2D eigenvalue weighted by Gasteiger charge is -2.26. The van der Waals surface area contributed by atoms with E-state index in [4.69, 9.17) is 4.42 Å². The summed E-state index contributed by atoms with van der Waals surface area (Å²) < 4.78 is 9.29.